The van der Waals surface area contributed by atoms with Crippen molar-refractivity contribution >= 4 is 11.8 Å². The van der Waals surface area contributed by atoms with Gasteiger partial charge in [0.05, 0.1) is 6.54 Å². The summed E-state index contributed by atoms with van der Waals surface area (Å²) in [5.41, 5.74) is 5.33. The summed E-state index contributed by atoms with van der Waals surface area (Å²) in [6, 6.07) is 8.72. The van der Waals surface area contributed by atoms with Gasteiger partial charge >= 0.3 is 0 Å². The SMILES string of the molecule is O=C(CN1CCC(CO)CC1)NNC(=O)c1ccccc1. The standard InChI is InChI=1S/C15H21N3O3/c19-11-12-6-8-18(9-7-12)10-14(20)16-17-15(21)13-4-2-1-3-5-13/h1-5,12,19H,6-11H2,(H,16,20)(H,17,21). The summed E-state index contributed by atoms with van der Waals surface area (Å²) in [5.74, 6) is -0.216. The number of nitrogens with zero attached hydrogens (tertiary/aromatic N) is 1. The Kier molecular flexibility index (Phi) is 5.71. The average Bonchev–Trinajstić information content (AvgIpc) is 2.54. The first kappa shape index (κ1) is 15.5. The predicted molar refractivity (Wildman–Crippen MR) is 78.3 cm³/mol. The molecule has 21 heavy (non-hydrogen) atoms. The summed E-state index contributed by atoms with van der Waals surface area (Å²) in [6.07, 6.45) is 1.81. The molecule has 1 aromatic carbocycles. The molecular formula is C15H21N3O3. The quantitative estimate of drug-likeness (QED) is 0.690. The Hall–Kier alpha value is -1.92. The number of hydrogen-bond acceptors (Lipinski definition) is 4. The maximum atomic E-state index is 11.8. The molecule has 2 amide bonds. The maximum Gasteiger partial charge on any atom is 0.269 e. The fourth-order valence-electron chi connectivity index (χ4n) is 2.36. The lowest BCUT2D eigenvalue weighted by molar-refractivity contribution is -0.123. The van der Waals surface area contributed by atoms with Crippen LogP contribution in [-0.2, 0) is 4.79 Å². The van der Waals surface area contributed by atoms with E-state index in [2.05, 4.69) is 10.9 Å². The van der Waals surface area contributed by atoms with Gasteiger partial charge in [0.2, 0.25) is 0 Å². The van der Waals surface area contributed by atoms with E-state index in [4.69, 9.17) is 5.11 Å². The van der Waals surface area contributed by atoms with E-state index in [1.54, 1.807) is 24.3 Å². The number of likely N-dealkylation sites (tertiary alicyclic amines) is 1. The topological polar surface area (TPSA) is 81.7 Å². The van der Waals surface area contributed by atoms with Crippen molar-refractivity contribution in [2.24, 2.45) is 5.92 Å². The predicted octanol–water partition coefficient (Wildman–Crippen LogP) is 0.152. The molecule has 6 nitrogen and oxygen atoms in total. The number of hydrogen-bond donors (Lipinski definition) is 3. The molecular weight excluding hydrogens is 270 g/mol. The van der Waals surface area contributed by atoms with Crippen molar-refractivity contribution in [3.8, 4) is 0 Å². The van der Waals surface area contributed by atoms with Crippen molar-refractivity contribution in [1.82, 2.24) is 15.8 Å². The third-order valence-corrected chi connectivity index (χ3v) is 3.68. The Morgan fingerprint density at radius 1 is 1.14 bits per heavy atom. The molecule has 1 aliphatic heterocycles. The molecule has 0 aliphatic carbocycles. The van der Waals surface area contributed by atoms with Crippen LogP contribution in [0.2, 0.25) is 0 Å². The Bertz CT molecular complexity index is 470. The van der Waals surface area contributed by atoms with Gasteiger partial charge in [-0.25, -0.2) is 0 Å². The number of piperidine rings is 1. The highest BCUT2D eigenvalue weighted by Crippen LogP contribution is 2.15. The van der Waals surface area contributed by atoms with Crippen LogP contribution in [0.1, 0.15) is 23.2 Å². The van der Waals surface area contributed by atoms with Gasteiger partial charge in [-0.05, 0) is 44.0 Å². The Morgan fingerprint density at radius 2 is 1.81 bits per heavy atom. The molecule has 0 spiro atoms. The minimum atomic E-state index is -0.331. The fourth-order valence-corrected chi connectivity index (χ4v) is 2.36. The minimum absolute atomic E-state index is 0.215. The minimum Gasteiger partial charge on any atom is -0.396 e. The summed E-state index contributed by atoms with van der Waals surface area (Å²) in [7, 11) is 0. The van der Waals surface area contributed by atoms with E-state index in [1.807, 2.05) is 11.0 Å². The maximum absolute atomic E-state index is 11.8. The third-order valence-electron chi connectivity index (χ3n) is 3.68. The van der Waals surface area contributed by atoms with Gasteiger partial charge in [0.15, 0.2) is 0 Å². The molecule has 1 aromatic rings. The van der Waals surface area contributed by atoms with Crippen LogP contribution in [0, 0.1) is 5.92 Å². The molecule has 3 N–H and O–H groups in total. The highest BCUT2D eigenvalue weighted by Gasteiger charge is 2.20. The summed E-state index contributed by atoms with van der Waals surface area (Å²) < 4.78 is 0. The molecule has 0 radical (unpaired) electrons. The largest absolute Gasteiger partial charge is 0.396 e. The fraction of sp³-hybridized carbons (Fsp3) is 0.467. The number of hydrazine groups is 1. The van der Waals surface area contributed by atoms with Crippen molar-refractivity contribution in [3.63, 3.8) is 0 Å². The Labute approximate surface area is 124 Å². The van der Waals surface area contributed by atoms with Gasteiger partial charge in [-0.1, -0.05) is 18.2 Å². The Morgan fingerprint density at radius 3 is 2.43 bits per heavy atom. The van der Waals surface area contributed by atoms with Gasteiger partial charge in [0.25, 0.3) is 11.8 Å². The molecule has 1 fully saturated rings. The van der Waals surface area contributed by atoms with E-state index in [1.165, 1.54) is 0 Å². The van der Waals surface area contributed by atoms with Gasteiger partial charge in [-0.15, -0.1) is 0 Å². The van der Waals surface area contributed by atoms with Gasteiger partial charge in [0.1, 0.15) is 0 Å². The van der Waals surface area contributed by atoms with Crippen LogP contribution in [0.3, 0.4) is 0 Å². The molecule has 1 aliphatic rings. The average molecular weight is 291 g/mol. The van der Waals surface area contributed by atoms with Gasteiger partial charge in [-0.2, -0.15) is 0 Å². The van der Waals surface area contributed by atoms with E-state index in [0.29, 0.717) is 11.5 Å². The molecule has 1 saturated heterocycles. The van der Waals surface area contributed by atoms with Crippen molar-refractivity contribution in [2.75, 3.05) is 26.2 Å². The number of rotatable bonds is 4. The van der Waals surface area contributed by atoms with Crippen LogP contribution >= 0.6 is 0 Å². The van der Waals surface area contributed by atoms with Gasteiger partial charge in [-0.3, -0.25) is 25.3 Å². The van der Waals surface area contributed by atoms with E-state index >= 15 is 0 Å². The number of carbonyl (C=O) groups excluding carboxylic acids is 2. The number of amides is 2. The second-order valence-electron chi connectivity index (χ2n) is 5.27. The lowest BCUT2D eigenvalue weighted by Crippen LogP contribution is -2.48. The number of aliphatic hydroxyl groups is 1. The number of aliphatic hydroxyl groups excluding tert-OH is 1. The summed E-state index contributed by atoms with van der Waals surface area (Å²) >= 11 is 0. The Balaban J connectivity index is 1.69. The molecule has 6 heteroatoms. The zero-order chi connectivity index (χ0) is 15.1. The van der Waals surface area contributed by atoms with E-state index in [9.17, 15) is 9.59 Å². The van der Waals surface area contributed by atoms with Crippen LogP contribution in [0.5, 0.6) is 0 Å². The molecule has 114 valence electrons. The highest BCUT2D eigenvalue weighted by molar-refractivity contribution is 5.95. The first-order valence-corrected chi connectivity index (χ1v) is 7.16. The van der Waals surface area contributed by atoms with Crippen molar-refractivity contribution in [3.05, 3.63) is 35.9 Å². The number of nitrogens with one attached hydrogen (secondary N) is 2. The number of benzene rings is 1. The first-order valence-electron chi connectivity index (χ1n) is 7.16. The second kappa shape index (κ2) is 7.75. The second-order valence-corrected chi connectivity index (χ2v) is 5.27. The summed E-state index contributed by atoms with van der Waals surface area (Å²) in [6.45, 7) is 2.07. The van der Waals surface area contributed by atoms with Crippen molar-refractivity contribution in [1.29, 1.82) is 0 Å². The van der Waals surface area contributed by atoms with Crippen molar-refractivity contribution < 1.29 is 14.7 Å². The van der Waals surface area contributed by atoms with Crippen LogP contribution < -0.4 is 10.9 Å². The van der Waals surface area contributed by atoms with Gasteiger partial charge in [0, 0.05) is 12.2 Å². The molecule has 0 aromatic heterocycles. The molecule has 0 saturated carbocycles. The molecule has 2 rings (SSSR count). The first-order chi connectivity index (χ1) is 10.2. The van der Waals surface area contributed by atoms with Crippen LogP contribution in [0.25, 0.3) is 0 Å². The van der Waals surface area contributed by atoms with Gasteiger partial charge < -0.3 is 5.11 Å². The van der Waals surface area contributed by atoms with Crippen LogP contribution in [0.4, 0.5) is 0 Å². The van der Waals surface area contributed by atoms with E-state index in [-0.39, 0.29) is 25.0 Å². The normalized spacial score (nSPS) is 16.4. The molecule has 0 bridgehead atoms. The lowest BCUT2D eigenvalue weighted by Gasteiger charge is -2.30. The zero-order valence-corrected chi connectivity index (χ0v) is 11.9. The lowest BCUT2D eigenvalue weighted by atomic mass is 9.98. The smallest absolute Gasteiger partial charge is 0.269 e. The van der Waals surface area contributed by atoms with Crippen LogP contribution in [-0.4, -0.2) is 48.1 Å². The summed E-state index contributed by atoms with van der Waals surface area (Å²) in [4.78, 5) is 25.6. The van der Waals surface area contributed by atoms with Crippen LogP contribution in [0.15, 0.2) is 30.3 Å². The van der Waals surface area contributed by atoms with E-state index < -0.39 is 0 Å². The molecule has 0 atom stereocenters. The third kappa shape index (κ3) is 4.84. The van der Waals surface area contributed by atoms with E-state index in [0.717, 1.165) is 25.9 Å². The van der Waals surface area contributed by atoms with Crippen molar-refractivity contribution in [2.45, 2.75) is 12.8 Å². The monoisotopic (exact) mass is 291 g/mol. The molecule has 0 unspecified atom stereocenters. The summed E-state index contributed by atoms with van der Waals surface area (Å²) in [5, 5.41) is 9.07. The highest BCUT2D eigenvalue weighted by atomic mass is 16.3. The molecule has 1 heterocycles. The zero-order valence-electron chi connectivity index (χ0n) is 11.9. The number of carbonyl (C=O) groups is 2.